The van der Waals surface area contributed by atoms with Crippen LogP contribution >= 0.6 is 0 Å². The molecule has 0 aliphatic heterocycles. The molecule has 0 aromatic heterocycles. The number of carbonyl (C=O) groups is 1. The highest BCUT2D eigenvalue weighted by Crippen LogP contribution is 2.26. The van der Waals surface area contributed by atoms with E-state index in [9.17, 15) is 4.79 Å². The van der Waals surface area contributed by atoms with Gasteiger partial charge in [0.15, 0.2) is 0 Å². The van der Waals surface area contributed by atoms with Gasteiger partial charge >= 0.3 is 0 Å². The first-order valence-corrected chi connectivity index (χ1v) is 8.34. The summed E-state index contributed by atoms with van der Waals surface area (Å²) in [6, 6.07) is 0.357. The van der Waals surface area contributed by atoms with E-state index in [4.69, 9.17) is 10.5 Å². The van der Waals surface area contributed by atoms with Crippen LogP contribution in [0.15, 0.2) is 0 Å². The molecule has 0 unspecified atom stereocenters. The van der Waals surface area contributed by atoms with Crippen molar-refractivity contribution in [1.29, 1.82) is 0 Å². The molecule has 1 amide bonds. The van der Waals surface area contributed by atoms with Gasteiger partial charge in [-0.3, -0.25) is 4.79 Å². The lowest BCUT2D eigenvalue weighted by molar-refractivity contribution is -0.127. The number of amides is 1. The van der Waals surface area contributed by atoms with Gasteiger partial charge in [0.1, 0.15) is 6.61 Å². The van der Waals surface area contributed by atoms with E-state index >= 15 is 0 Å². The number of carbonyl (C=O) groups excluding carboxylic acids is 1. The van der Waals surface area contributed by atoms with E-state index in [1.165, 1.54) is 44.9 Å². The van der Waals surface area contributed by atoms with Gasteiger partial charge < -0.3 is 15.8 Å². The zero-order valence-electron chi connectivity index (χ0n) is 12.7. The molecule has 3 N–H and O–H groups in total. The van der Waals surface area contributed by atoms with E-state index in [1.54, 1.807) is 0 Å². The maximum atomic E-state index is 11.9. The van der Waals surface area contributed by atoms with Gasteiger partial charge in [0.25, 0.3) is 0 Å². The van der Waals surface area contributed by atoms with Crippen molar-refractivity contribution in [3.05, 3.63) is 0 Å². The first-order chi connectivity index (χ1) is 9.68. The molecule has 4 heteroatoms. The molecule has 2 aliphatic rings. The number of hydrogen-bond donors (Lipinski definition) is 2. The first kappa shape index (κ1) is 15.8. The van der Waals surface area contributed by atoms with Crippen molar-refractivity contribution < 1.29 is 9.53 Å². The zero-order chi connectivity index (χ0) is 14.3. The first-order valence-electron chi connectivity index (χ1n) is 8.34. The fourth-order valence-corrected chi connectivity index (χ4v) is 3.44. The summed E-state index contributed by atoms with van der Waals surface area (Å²) in [5.74, 6) is 0.0244. The smallest absolute Gasteiger partial charge is 0.246 e. The average Bonchev–Trinajstić information content (AvgIpc) is 2.68. The maximum absolute atomic E-state index is 11.9. The average molecular weight is 282 g/mol. The molecule has 0 spiro atoms. The molecule has 2 saturated carbocycles. The molecule has 20 heavy (non-hydrogen) atoms. The molecule has 4 nitrogen and oxygen atoms in total. The second-order valence-electron chi connectivity index (χ2n) is 6.67. The molecular formula is C16H30N2O2. The van der Waals surface area contributed by atoms with Crippen LogP contribution in [0.3, 0.4) is 0 Å². The van der Waals surface area contributed by atoms with Gasteiger partial charge in [0.05, 0.1) is 6.61 Å². The molecule has 2 fully saturated rings. The Bertz CT molecular complexity index is 293. The SMILES string of the molecule is NC1(COCC(=O)NC2CCCCCC2)CCCCC1. The number of nitrogens with two attached hydrogens (primary N) is 1. The van der Waals surface area contributed by atoms with Crippen LogP contribution in [0.5, 0.6) is 0 Å². The Morgan fingerprint density at radius 2 is 1.65 bits per heavy atom. The largest absolute Gasteiger partial charge is 0.370 e. The van der Waals surface area contributed by atoms with Crippen molar-refractivity contribution in [2.24, 2.45) is 5.73 Å². The van der Waals surface area contributed by atoms with Gasteiger partial charge in [-0.2, -0.15) is 0 Å². The van der Waals surface area contributed by atoms with Crippen LogP contribution in [0, 0.1) is 0 Å². The monoisotopic (exact) mass is 282 g/mol. The van der Waals surface area contributed by atoms with Gasteiger partial charge in [-0.05, 0) is 25.7 Å². The van der Waals surface area contributed by atoms with E-state index in [0.29, 0.717) is 12.6 Å². The molecular weight excluding hydrogens is 252 g/mol. The Hall–Kier alpha value is -0.610. The lowest BCUT2D eigenvalue weighted by Gasteiger charge is -2.32. The molecule has 0 atom stereocenters. The minimum absolute atomic E-state index is 0.0244. The van der Waals surface area contributed by atoms with Crippen molar-refractivity contribution in [2.45, 2.75) is 82.2 Å². The molecule has 0 heterocycles. The van der Waals surface area contributed by atoms with Crippen molar-refractivity contribution in [1.82, 2.24) is 5.32 Å². The summed E-state index contributed by atoms with van der Waals surface area (Å²) in [5.41, 5.74) is 6.10. The highest BCUT2D eigenvalue weighted by atomic mass is 16.5. The van der Waals surface area contributed by atoms with E-state index in [1.807, 2.05) is 0 Å². The lowest BCUT2D eigenvalue weighted by Crippen LogP contribution is -2.47. The van der Waals surface area contributed by atoms with Crippen molar-refractivity contribution in [2.75, 3.05) is 13.2 Å². The van der Waals surface area contributed by atoms with Crippen molar-refractivity contribution >= 4 is 5.91 Å². The fourth-order valence-electron chi connectivity index (χ4n) is 3.44. The van der Waals surface area contributed by atoms with Gasteiger partial charge in [-0.25, -0.2) is 0 Å². The van der Waals surface area contributed by atoms with Gasteiger partial charge in [0, 0.05) is 11.6 Å². The van der Waals surface area contributed by atoms with Gasteiger partial charge in [-0.15, -0.1) is 0 Å². The van der Waals surface area contributed by atoms with Crippen LogP contribution in [0.25, 0.3) is 0 Å². The number of nitrogens with one attached hydrogen (secondary N) is 1. The summed E-state index contributed by atoms with van der Waals surface area (Å²) in [6.07, 6.45) is 13.0. The topological polar surface area (TPSA) is 64.3 Å². The third-order valence-corrected chi connectivity index (χ3v) is 4.69. The number of ether oxygens (including phenoxy) is 1. The zero-order valence-corrected chi connectivity index (χ0v) is 12.7. The summed E-state index contributed by atoms with van der Waals surface area (Å²) in [6.45, 7) is 0.681. The van der Waals surface area contributed by atoms with Crippen LogP contribution in [0.4, 0.5) is 0 Å². The van der Waals surface area contributed by atoms with Crippen molar-refractivity contribution in [3.63, 3.8) is 0 Å². The summed E-state index contributed by atoms with van der Waals surface area (Å²) in [5, 5.41) is 3.10. The minimum atomic E-state index is -0.194. The van der Waals surface area contributed by atoms with E-state index < -0.39 is 0 Å². The normalized spacial score (nSPS) is 24.1. The quantitative estimate of drug-likeness (QED) is 0.762. The van der Waals surface area contributed by atoms with Crippen LogP contribution in [-0.2, 0) is 9.53 Å². The molecule has 116 valence electrons. The minimum Gasteiger partial charge on any atom is -0.370 e. The van der Waals surface area contributed by atoms with Crippen LogP contribution in [0.1, 0.15) is 70.6 Å². The van der Waals surface area contributed by atoms with E-state index in [0.717, 1.165) is 25.7 Å². The number of rotatable bonds is 5. The molecule has 0 aromatic rings. The Balaban J connectivity index is 1.61. The van der Waals surface area contributed by atoms with E-state index in [2.05, 4.69) is 5.32 Å². The predicted molar refractivity (Wildman–Crippen MR) is 80.5 cm³/mol. The predicted octanol–water partition coefficient (Wildman–Crippen LogP) is 2.50. The molecule has 0 saturated heterocycles. The Morgan fingerprint density at radius 1 is 1.05 bits per heavy atom. The Kier molecular flexibility index (Phi) is 6.30. The molecule has 2 aliphatic carbocycles. The Labute approximate surface area is 122 Å². The second-order valence-corrected chi connectivity index (χ2v) is 6.67. The Morgan fingerprint density at radius 3 is 2.30 bits per heavy atom. The summed E-state index contributed by atoms with van der Waals surface area (Å²) >= 11 is 0. The summed E-state index contributed by atoms with van der Waals surface area (Å²) in [4.78, 5) is 11.9. The molecule has 0 aromatic carbocycles. The standard InChI is InChI=1S/C16H30N2O2/c17-16(10-6-3-7-11-16)13-20-12-15(19)18-14-8-4-1-2-5-9-14/h14H,1-13,17H2,(H,18,19). The second kappa shape index (κ2) is 7.99. The molecule has 0 radical (unpaired) electrons. The van der Waals surface area contributed by atoms with Crippen LogP contribution in [-0.4, -0.2) is 30.7 Å². The highest BCUT2D eigenvalue weighted by molar-refractivity contribution is 5.77. The third kappa shape index (κ3) is 5.41. The summed E-state index contributed by atoms with van der Waals surface area (Å²) < 4.78 is 5.57. The van der Waals surface area contributed by atoms with Gasteiger partial charge in [0.2, 0.25) is 5.91 Å². The molecule has 0 bridgehead atoms. The van der Waals surface area contributed by atoms with Crippen LogP contribution < -0.4 is 11.1 Å². The lowest BCUT2D eigenvalue weighted by atomic mass is 9.83. The van der Waals surface area contributed by atoms with E-state index in [-0.39, 0.29) is 18.1 Å². The summed E-state index contributed by atoms with van der Waals surface area (Å²) in [7, 11) is 0. The van der Waals surface area contributed by atoms with Gasteiger partial charge in [-0.1, -0.05) is 44.9 Å². The third-order valence-electron chi connectivity index (χ3n) is 4.69. The van der Waals surface area contributed by atoms with Crippen molar-refractivity contribution in [3.8, 4) is 0 Å². The number of hydrogen-bond acceptors (Lipinski definition) is 3. The van der Waals surface area contributed by atoms with Crippen LogP contribution in [0.2, 0.25) is 0 Å². The maximum Gasteiger partial charge on any atom is 0.246 e. The highest BCUT2D eigenvalue weighted by Gasteiger charge is 2.27. The fraction of sp³-hybridized carbons (Fsp3) is 0.938. The molecule has 2 rings (SSSR count).